The van der Waals surface area contributed by atoms with Crippen LogP contribution in [0.15, 0.2) is 42.5 Å². The van der Waals surface area contributed by atoms with Gasteiger partial charge < -0.3 is 5.32 Å². The van der Waals surface area contributed by atoms with E-state index in [9.17, 15) is 4.79 Å². The lowest BCUT2D eigenvalue weighted by atomic mass is 10.1. The van der Waals surface area contributed by atoms with E-state index in [1.807, 2.05) is 45.2 Å². The molecule has 3 rings (SSSR count). The van der Waals surface area contributed by atoms with Gasteiger partial charge >= 0.3 is 0 Å². The molecule has 0 aliphatic carbocycles. The summed E-state index contributed by atoms with van der Waals surface area (Å²) >= 11 is 5.58. The molecule has 0 radical (unpaired) electrons. The number of aromatic nitrogens is 4. The van der Waals surface area contributed by atoms with Gasteiger partial charge in [-0.2, -0.15) is 4.68 Å². The smallest absolute Gasteiger partial charge is 0.251 e. The molecular formula is C20H24N6OS. The van der Waals surface area contributed by atoms with Gasteiger partial charge in [0.15, 0.2) is 0 Å². The fourth-order valence-corrected chi connectivity index (χ4v) is 3.19. The number of amides is 1. The SMILES string of the molecule is CNC(=O)c1ccc(CN(C)Cn2nnn(-c3cc(C)ccc3C)c2=S)cc1. The third kappa shape index (κ3) is 4.35. The lowest BCUT2D eigenvalue weighted by Gasteiger charge is -2.16. The number of benzene rings is 2. The molecule has 0 fully saturated rings. The maximum absolute atomic E-state index is 11.6. The number of nitrogens with zero attached hydrogens (tertiary/aromatic N) is 5. The minimum Gasteiger partial charge on any atom is -0.355 e. The Morgan fingerprint density at radius 3 is 2.54 bits per heavy atom. The lowest BCUT2D eigenvalue weighted by molar-refractivity contribution is 0.0963. The van der Waals surface area contributed by atoms with Gasteiger partial charge in [0.2, 0.25) is 4.77 Å². The molecule has 2 aromatic carbocycles. The second-order valence-electron chi connectivity index (χ2n) is 6.89. The van der Waals surface area contributed by atoms with Crippen molar-refractivity contribution in [3.63, 3.8) is 0 Å². The first kappa shape index (κ1) is 19.9. The summed E-state index contributed by atoms with van der Waals surface area (Å²) in [6.45, 7) is 5.29. The zero-order valence-electron chi connectivity index (χ0n) is 16.5. The van der Waals surface area contributed by atoms with E-state index in [2.05, 4.69) is 38.8 Å². The van der Waals surface area contributed by atoms with Gasteiger partial charge in [-0.15, -0.1) is 0 Å². The van der Waals surface area contributed by atoms with Crippen molar-refractivity contribution >= 4 is 18.1 Å². The van der Waals surface area contributed by atoms with E-state index in [1.165, 1.54) is 0 Å². The lowest BCUT2D eigenvalue weighted by Crippen LogP contribution is -2.23. The molecule has 1 aromatic heterocycles. The highest BCUT2D eigenvalue weighted by Gasteiger charge is 2.11. The molecule has 1 heterocycles. The number of hydrogen-bond acceptors (Lipinski definition) is 5. The first-order valence-electron chi connectivity index (χ1n) is 8.99. The third-order valence-corrected chi connectivity index (χ3v) is 4.89. The van der Waals surface area contributed by atoms with Crippen molar-refractivity contribution in [1.82, 2.24) is 30.0 Å². The molecule has 0 aliphatic rings. The summed E-state index contributed by atoms with van der Waals surface area (Å²) < 4.78 is 3.95. The zero-order chi connectivity index (χ0) is 20.3. The first-order chi connectivity index (χ1) is 13.4. The number of rotatable bonds is 6. The van der Waals surface area contributed by atoms with Crippen LogP contribution < -0.4 is 5.32 Å². The number of carbonyl (C=O) groups excluding carboxylic acids is 1. The van der Waals surface area contributed by atoms with Crippen LogP contribution in [-0.2, 0) is 13.2 Å². The Kier molecular flexibility index (Phi) is 6.01. The molecular weight excluding hydrogens is 372 g/mol. The molecule has 28 heavy (non-hydrogen) atoms. The van der Waals surface area contributed by atoms with Crippen LogP contribution in [-0.4, -0.2) is 44.7 Å². The van der Waals surface area contributed by atoms with E-state index in [1.54, 1.807) is 16.4 Å². The molecule has 1 N–H and O–H groups in total. The highest BCUT2D eigenvalue weighted by atomic mass is 32.1. The molecule has 0 saturated carbocycles. The Morgan fingerprint density at radius 1 is 1.14 bits per heavy atom. The van der Waals surface area contributed by atoms with Crippen LogP contribution in [0.2, 0.25) is 0 Å². The molecule has 8 heteroatoms. The Labute approximate surface area is 169 Å². The average Bonchev–Trinajstić information content (AvgIpc) is 3.03. The van der Waals surface area contributed by atoms with Gasteiger partial charge in [0.05, 0.1) is 12.4 Å². The second kappa shape index (κ2) is 8.45. The van der Waals surface area contributed by atoms with Gasteiger partial charge in [-0.25, -0.2) is 4.68 Å². The monoisotopic (exact) mass is 396 g/mol. The molecule has 146 valence electrons. The molecule has 0 aliphatic heterocycles. The average molecular weight is 397 g/mol. The van der Waals surface area contributed by atoms with Crippen LogP contribution >= 0.6 is 12.2 Å². The molecule has 1 amide bonds. The normalized spacial score (nSPS) is 11.0. The van der Waals surface area contributed by atoms with Crippen molar-refractivity contribution in [2.45, 2.75) is 27.1 Å². The number of carbonyl (C=O) groups is 1. The highest BCUT2D eigenvalue weighted by molar-refractivity contribution is 7.71. The molecule has 0 saturated heterocycles. The van der Waals surface area contributed by atoms with E-state index in [0.29, 0.717) is 23.5 Å². The predicted molar refractivity (Wildman–Crippen MR) is 111 cm³/mol. The van der Waals surface area contributed by atoms with E-state index < -0.39 is 0 Å². The summed E-state index contributed by atoms with van der Waals surface area (Å²) in [7, 11) is 3.62. The van der Waals surface area contributed by atoms with Crippen molar-refractivity contribution in [3.05, 3.63) is 69.5 Å². The third-order valence-electron chi connectivity index (χ3n) is 4.50. The number of tetrazole rings is 1. The van der Waals surface area contributed by atoms with Crippen LogP contribution in [0.1, 0.15) is 27.0 Å². The fourth-order valence-electron chi connectivity index (χ4n) is 2.96. The molecule has 7 nitrogen and oxygen atoms in total. The van der Waals surface area contributed by atoms with Crippen molar-refractivity contribution in [2.75, 3.05) is 14.1 Å². The highest BCUT2D eigenvalue weighted by Crippen LogP contribution is 2.15. The van der Waals surface area contributed by atoms with Crippen LogP contribution in [0.4, 0.5) is 0 Å². The van der Waals surface area contributed by atoms with Crippen LogP contribution in [0, 0.1) is 18.6 Å². The molecule has 0 unspecified atom stereocenters. The van der Waals surface area contributed by atoms with E-state index >= 15 is 0 Å². The number of hydrogen-bond donors (Lipinski definition) is 1. The standard InChI is InChI=1S/C20H24N6OS/c1-14-5-6-15(2)18(11-14)26-20(28)25(22-23-26)13-24(4)12-16-7-9-17(10-8-16)19(27)21-3/h5-11H,12-13H2,1-4H3,(H,21,27). The molecule has 0 atom stereocenters. The summed E-state index contributed by atoms with van der Waals surface area (Å²) in [6.07, 6.45) is 0. The summed E-state index contributed by atoms with van der Waals surface area (Å²) in [5, 5.41) is 11.1. The van der Waals surface area contributed by atoms with Gasteiger partial charge in [0, 0.05) is 19.2 Å². The number of nitrogens with one attached hydrogen (secondary N) is 1. The largest absolute Gasteiger partial charge is 0.355 e. The van der Waals surface area contributed by atoms with E-state index in [4.69, 9.17) is 12.2 Å². The first-order valence-corrected chi connectivity index (χ1v) is 9.40. The summed E-state index contributed by atoms with van der Waals surface area (Å²) in [6, 6.07) is 13.7. The van der Waals surface area contributed by atoms with Crippen LogP contribution in [0.5, 0.6) is 0 Å². The maximum Gasteiger partial charge on any atom is 0.251 e. The molecule has 0 bridgehead atoms. The Hall–Kier alpha value is -2.84. The van der Waals surface area contributed by atoms with Crippen LogP contribution in [0.3, 0.4) is 0 Å². The van der Waals surface area contributed by atoms with Gasteiger partial charge in [0.1, 0.15) is 0 Å². The molecule has 3 aromatic rings. The maximum atomic E-state index is 11.6. The minimum atomic E-state index is -0.0886. The quantitative estimate of drug-likeness (QED) is 0.649. The van der Waals surface area contributed by atoms with E-state index in [-0.39, 0.29) is 5.91 Å². The Balaban J connectivity index is 1.72. The summed E-state index contributed by atoms with van der Waals surface area (Å²) in [5.41, 5.74) is 4.94. The second-order valence-corrected chi connectivity index (χ2v) is 7.26. The Bertz CT molecular complexity index is 1040. The summed E-state index contributed by atoms with van der Waals surface area (Å²) in [5.74, 6) is -0.0886. The van der Waals surface area contributed by atoms with Gasteiger partial charge in [-0.3, -0.25) is 9.69 Å². The Morgan fingerprint density at radius 2 is 1.86 bits per heavy atom. The topological polar surface area (TPSA) is 68.0 Å². The number of aryl methyl sites for hydroxylation is 2. The predicted octanol–water partition coefficient (Wildman–Crippen LogP) is 2.86. The van der Waals surface area contributed by atoms with Gasteiger partial charge in [-0.1, -0.05) is 24.3 Å². The van der Waals surface area contributed by atoms with Gasteiger partial charge in [-0.05, 0) is 78.4 Å². The van der Waals surface area contributed by atoms with Crippen molar-refractivity contribution in [3.8, 4) is 5.69 Å². The van der Waals surface area contributed by atoms with E-state index in [0.717, 1.165) is 22.4 Å². The van der Waals surface area contributed by atoms with Crippen molar-refractivity contribution in [2.24, 2.45) is 0 Å². The summed E-state index contributed by atoms with van der Waals surface area (Å²) in [4.78, 5) is 13.7. The fraction of sp³-hybridized carbons (Fsp3) is 0.300. The van der Waals surface area contributed by atoms with Crippen molar-refractivity contribution < 1.29 is 4.79 Å². The van der Waals surface area contributed by atoms with Gasteiger partial charge in [0.25, 0.3) is 5.91 Å². The van der Waals surface area contributed by atoms with Crippen molar-refractivity contribution in [1.29, 1.82) is 0 Å². The van der Waals surface area contributed by atoms with Crippen LogP contribution in [0.25, 0.3) is 5.69 Å². The minimum absolute atomic E-state index is 0.0886. The zero-order valence-corrected chi connectivity index (χ0v) is 17.3. The molecule has 0 spiro atoms.